The van der Waals surface area contributed by atoms with Crippen LogP contribution in [0.15, 0.2) is 48.7 Å². The van der Waals surface area contributed by atoms with Crippen LogP contribution in [0.3, 0.4) is 0 Å². The zero-order valence-electron chi connectivity index (χ0n) is 16.6. The Labute approximate surface area is 180 Å². The van der Waals surface area contributed by atoms with Crippen LogP contribution in [0.1, 0.15) is 43.4 Å². The van der Waals surface area contributed by atoms with E-state index >= 15 is 0 Å². The summed E-state index contributed by atoms with van der Waals surface area (Å²) in [7, 11) is 0. The predicted octanol–water partition coefficient (Wildman–Crippen LogP) is 4.37. The van der Waals surface area contributed by atoms with E-state index in [1.54, 1.807) is 34.2 Å². The van der Waals surface area contributed by atoms with Crippen molar-refractivity contribution < 1.29 is 14.4 Å². The number of anilines is 2. The van der Waals surface area contributed by atoms with Crippen LogP contribution < -0.4 is 10.2 Å². The molecule has 7 heteroatoms. The molecule has 2 aromatic rings. The van der Waals surface area contributed by atoms with E-state index in [0.717, 1.165) is 17.5 Å². The van der Waals surface area contributed by atoms with Gasteiger partial charge >= 0.3 is 0 Å². The second-order valence-electron chi connectivity index (χ2n) is 7.45. The SMILES string of the molecule is CC(=O)N1C=Cc2ccccc2C1CC(=O)Nc1ccc(N2CCCC2=O)c(Cl)c1. The van der Waals surface area contributed by atoms with Gasteiger partial charge in [0, 0.05) is 31.8 Å². The lowest BCUT2D eigenvalue weighted by atomic mass is 9.93. The van der Waals surface area contributed by atoms with Gasteiger partial charge < -0.3 is 15.1 Å². The van der Waals surface area contributed by atoms with E-state index in [4.69, 9.17) is 11.6 Å². The Morgan fingerprint density at radius 3 is 2.70 bits per heavy atom. The van der Waals surface area contributed by atoms with E-state index in [9.17, 15) is 14.4 Å². The highest BCUT2D eigenvalue weighted by Crippen LogP contribution is 2.34. The summed E-state index contributed by atoms with van der Waals surface area (Å²) in [4.78, 5) is 40.1. The van der Waals surface area contributed by atoms with Crippen molar-refractivity contribution in [2.45, 2.75) is 32.2 Å². The van der Waals surface area contributed by atoms with Crippen molar-refractivity contribution in [3.8, 4) is 0 Å². The Hall–Kier alpha value is -3.12. The van der Waals surface area contributed by atoms with E-state index < -0.39 is 0 Å². The lowest BCUT2D eigenvalue weighted by Crippen LogP contribution is -2.33. The maximum atomic E-state index is 12.8. The van der Waals surface area contributed by atoms with Gasteiger partial charge in [-0.2, -0.15) is 0 Å². The molecule has 2 aliphatic rings. The summed E-state index contributed by atoms with van der Waals surface area (Å²) in [5.41, 5.74) is 3.14. The Balaban J connectivity index is 1.50. The predicted molar refractivity (Wildman–Crippen MR) is 117 cm³/mol. The van der Waals surface area contributed by atoms with E-state index in [1.165, 1.54) is 6.92 Å². The number of hydrogen-bond donors (Lipinski definition) is 1. The van der Waals surface area contributed by atoms with Gasteiger partial charge in [-0.1, -0.05) is 35.9 Å². The van der Waals surface area contributed by atoms with Crippen LogP contribution in [0.25, 0.3) is 6.08 Å². The van der Waals surface area contributed by atoms with Crippen LogP contribution >= 0.6 is 11.6 Å². The molecule has 0 radical (unpaired) electrons. The number of nitrogens with one attached hydrogen (secondary N) is 1. The number of amides is 3. The molecular formula is C23H22ClN3O3. The molecule has 30 heavy (non-hydrogen) atoms. The van der Waals surface area contributed by atoms with Crippen LogP contribution in [0.4, 0.5) is 11.4 Å². The third-order valence-electron chi connectivity index (χ3n) is 5.44. The molecule has 4 rings (SSSR count). The third kappa shape index (κ3) is 3.96. The maximum absolute atomic E-state index is 12.8. The summed E-state index contributed by atoms with van der Waals surface area (Å²) in [5, 5.41) is 3.28. The molecule has 2 aliphatic heterocycles. The molecule has 0 saturated carbocycles. The molecule has 0 aliphatic carbocycles. The molecule has 2 heterocycles. The molecule has 6 nitrogen and oxygen atoms in total. The smallest absolute Gasteiger partial charge is 0.227 e. The largest absolute Gasteiger partial charge is 0.326 e. The first-order chi connectivity index (χ1) is 14.4. The first-order valence-electron chi connectivity index (χ1n) is 9.90. The summed E-state index contributed by atoms with van der Waals surface area (Å²) in [6.45, 7) is 2.14. The Morgan fingerprint density at radius 2 is 2.00 bits per heavy atom. The van der Waals surface area contributed by atoms with E-state index in [0.29, 0.717) is 29.4 Å². The fourth-order valence-corrected chi connectivity index (χ4v) is 4.29. The van der Waals surface area contributed by atoms with Crippen LogP contribution in [-0.2, 0) is 14.4 Å². The number of benzene rings is 2. The molecule has 1 atom stereocenters. The molecule has 1 saturated heterocycles. The monoisotopic (exact) mass is 423 g/mol. The van der Waals surface area contributed by atoms with Gasteiger partial charge in [0.1, 0.15) is 0 Å². The van der Waals surface area contributed by atoms with Gasteiger partial charge in [-0.05, 0) is 41.8 Å². The van der Waals surface area contributed by atoms with E-state index in [1.807, 2.05) is 30.3 Å². The molecule has 3 amide bonds. The maximum Gasteiger partial charge on any atom is 0.227 e. The lowest BCUT2D eigenvalue weighted by molar-refractivity contribution is -0.129. The minimum atomic E-state index is -0.374. The van der Waals surface area contributed by atoms with Crippen LogP contribution in [-0.4, -0.2) is 29.2 Å². The molecule has 1 unspecified atom stereocenters. The van der Waals surface area contributed by atoms with Crippen LogP contribution in [0, 0.1) is 0 Å². The minimum absolute atomic E-state index is 0.0574. The lowest BCUT2D eigenvalue weighted by Gasteiger charge is -2.32. The fraction of sp³-hybridized carbons (Fsp3) is 0.261. The van der Waals surface area contributed by atoms with Gasteiger partial charge in [0.25, 0.3) is 0 Å². The van der Waals surface area contributed by atoms with Crippen molar-refractivity contribution in [1.82, 2.24) is 4.90 Å². The molecule has 0 aromatic heterocycles. The molecule has 0 spiro atoms. The van der Waals surface area contributed by atoms with Gasteiger partial charge in [-0.15, -0.1) is 0 Å². The average Bonchev–Trinajstić information content (AvgIpc) is 3.13. The summed E-state index contributed by atoms with van der Waals surface area (Å²) < 4.78 is 0. The Morgan fingerprint density at radius 1 is 1.20 bits per heavy atom. The highest BCUT2D eigenvalue weighted by atomic mass is 35.5. The number of nitrogens with zero attached hydrogens (tertiary/aromatic N) is 2. The van der Waals surface area contributed by atoms with Crippen molar-refractivity contribution in [3.63, 3.8) is 0 Å². The summed E-state index contributed by atoms with van der Waals surface area (Å²) in [6.07, 6.45) is 5.06. The standard InChI is InChI=1S/C23H22ClN3O3/c1-15(28)26-12-10-16-5-2-3-6-18(16)21(26)14-22(29)25-17-8-9-20(19(24)13-17)27-11-4-7-23(27)30/h2-3,5-6,8-10,12-13,21H,4,7,11,14H2,1H3,(H,25,29). The fourth-order valence-electron chi connectivity index (χ4n) is 4.01. The molecule has 0 bridgehead atoms. The zero-order valence-corrected chi connectivity index (χ0v) is 17.4. The van der Waals surface area contributed by atoms with Gasteiger partial charge in [0.05, 0.1) is 23.2 Å². The average molecular weight is 424 g/mol. The topological polar surface area (TPSA) is 69.7 Å². The van der Waals surface area contributed by atoms with Gasteiger partial charge in [0.15, 0.2) is 0 Å². The first kappa shape index (κ1) is 20.2. The number of halogens is 1. The molecular weight excluding hydrogens is 402 g/mol. The highest BCUT2D eigenvalue weighted by molar-refractivity contribution is 6.34. The van der Waals surface area contributed by atoms with Crippen LogP contribution in [0.2, 0.25) is 5.02 Å². The van der Waals surface area contributed by atoms with Crippen LogP contribution in [0.5, 0.6) is 0 Å². The number of fused-ring (bicyclic) bond motifs is 1. The summed E-state index contributed by atoms with van der Waals surface area (Å²) in [5.74, 6) is -0.291. The van der Waals surface area contributed by atoms with Crippen molar-refractivity contribution in [3.05, 3.63) is 64.8 Å². The van der Waals surface area contributed by atoms with E-state index in [-0.39, 0.29) is 30.2 Å². The number of carbonyl (C=O) groups is 3. The Bertz CT molecular complexity index is 1050. The van der Waals surface area contributed by atoms with Gasteiger partial charge in [-0.25, -0.2) is 0 Å². The second kappa shape index (κ2) is 8.32. The summed E-state index contributed by atoms with van der Waals surface area (Å²) >= 11 is 6.37. The third-order valence-corrected chi connectivity index (χ3v) is 5.75. The van der Waals surface area contributed by atoms with Gasteiger partial charge in [-0.3, -0.25) is 14.4 Å². The second-order valence-corrected chi connectivity index (χ2v) is 7.86. The highest BCUT2D eigenvalue weighted by Gasteiger charge is 2.28. The number of carbonyl (C=O) groups excluding carboxylic acids is 3. The summed E-state index contributed by atoms with van der Waals surface area (Å²) in [6, 6.07) is 12.5. The minimum Gasteiger partial charge on any atom is -0.326 e. The van der Waals surface area contributed by atoms with Crippen molar-refractivity contribution >= 4 is 46.8 Å². The van der Waals surface area contributed by atoms with Gasteiger partial charge in [0.2, 0.25) is 17.7 Å². The number of hydrogen-bond acceptors (Lipinski definition) is 3. The molecule has 1 N–H and O–H groups in total. The molecule has 2 aromatic carbocycles. The first-order valence-corrected chi connectivity index (χ1v) is 10.3. The molecule has 1 fully saturated rings. The van der Waals surface area contributed by atoms with E-state index in [2.05, 4.69) is 5.32 Å². The van der Waals surface area contributed by atoms with Crippen molar-refractivity contribution in [2.75, 3.05) is 16.8 Å². The number of rotatable bonds is 4. The zero-order chi connectivity index (χ0) is 21.3. The Kier molecular flexibility index (Phi) is 5.59. The molecule has 154 valence electrons. The quantitative estimate of drug-likeness (QED) is 0.793. The van der Waals surface area contributed by atoms with Crippen molar-refractivity contribution in [2.24, 2.45) is 0 Å². The normalized spacial score (nSPS) is 17.8. The van der Waals surface area contributed by atoms with Crippen molar-refractivity contribution in [1.29, 1.82) is 0 Å².